The maximum atomic E-state index is 13.4. The van der Waals surface area contributed by atoms with Gasteiger partial charge in [-0.25, -0.2) is 4.39 Å². The molecule has 1 aromatic carbocycles. The van der Waals surface area contributed by atoms with Crippen LogP contribution in [0.25, 0.3) is 0 Å². The van der Waals surface area contributed by atoms with Crippen molar-refractivity contribution in [2.24, 2.45) is 0 Å². The van der Waals surface area contributed by atoms with Gasteiger partial charge in [-0.2, -0.15) is 0 Å². The lowest BCUT2D eigenvalue weighted by Crippen LogP contribution is -2.41. The molecular weight excluding hydrogens is 233 g/mol. The molecule has 0 saturated heterocycles. The first-order valence-corrected chi connectivity index (χ1v) is 6.38. The highest BCUT2D eigenvalue weighted by molar-refractivity contribution is 5.81. The number of amides is 1. The van der Waals surface area contributed by atoms with Gasteiger partial charge in [-0.1, -0.05) is 25.0 Å². The SMILES string of the molecule is CC(Oc1ccccc1F)C(=O)NC1CCCC1. The van der Waals surface area contributed by atoms with E-state index in [4.69, 9.17) is 4.74 Å². The van der Waals surface area contributed by atoms with Gasteiger partial charge in [-0.3, -0.25) is 4.79 Å². The van der Waals surface area contributed by atoms with Crippen molar-refractivity contribution < 1.29 is 13.9 Å². The summed E-state index contributed by atoms with van der Waals surface area (Å²) in [5.41, 5.74) is 0. The first-order chi connectivity index (χ1) is 8.66. The number of rotatable bonds is 4. The number of para-hydroxylation sites is 1. The van der Waals surface area contributed by atoms with Gasteiger partial charge in [0.1, 0.15) is 0 Å². The number of carbonyl (C=O) groups excluding carboxylic acids is 1. The fourth-order valence-corrected chi connectivity index (χ4v) is 2.17. The van der Waals surface area contributed by atoms with E-state index in [2.05, 4.69) is 5.32 Å². The molecule has 1 atom stereocenters. The topological polar surface area (TPSA) is 38.3 Å². The summed E-state index contributed by atoms with van der Waals surface area (Å²) in [7, 11) is 0. The van der Waals surface area contributed by atoms with Crippen molar-refractivity contribution in [1.82, 2.24) is 5.32 Å². The van der Waals surface area contributed by atoms with Crippen LogP contribution in [0.1, 0.15) is 32.6 Å². The molecule has 18 heavy (non-hydrogen) atoms. The number of hydrogen-bond donors (Lipinski definition) is 1. The molecular formula is C14H18FNO2. The molecule has 0 radical (unpaired) electrons. The minimum atomic E-state index is -0.678. The Labute approximate surface area is 106 Å². The second-order valence-electron chi connectivity index (χ2n) is 4.68. The van der Waals surface area contributed by atoms with Gasteiger partial charge < -0.3 is 10.1 Å². The summed E-state index contributed by atoms with van der Waals surface area (Å²) in [4.78, 5) is 11.9. The van der Waals surface area contributed by atoms with Gasteiger partial charge in [-0.15, -0.1) is 0 Å². The highest BCUT2D eigenvalue weighted by Gasteiger charge is 2.22. The predicted octanol–water partition coefficient (Wildman–Crippen LogP) is 2.65. The fraction of sp³-hybridized carbons (Fsp3) is 0.500. The van der Waals surface area contributed by atoms with Crippen LogP contribution in [0.15, 0.2) is 24.3 Å². The zero-order valence-electron chi connectivity index (χ0n) is 10.5. The minimum Gasteiger partial charge on any atom is -0.478 e. The third-order valence-electron chi connectivity index (χ3n) is 3.21. The second kappa shape index (κ2) is 5.85. The molecule has 0 aliphatic heterocycles. The maximum absolute atomic E-state index is 13.4. The molecule has 0 bridgehead atoms. The van der Waals surface area contributed by atoms with Crippen LogP contribution in [-0.4, -0.2) is 18.1 Å². The molecule has 1 aromatic rings. The van der Waals surface area contributed by atoms with Crippen LogP contribution < -0.4 is 10.1 Å². The molecule has 0 spiro atoms. The largest absolute Gasteiger partial charge is 0.478 e. The van der Waals surface area contributed by atoms with Gasteiger partial charge in [0.05, 0.1) is 0 Å². The van der Waals surface area contributed by atoms with E-state index in [9.17, 15) is 9.18 Å². The van der Waals surface area contributed by atoms with E-state index in [-0.39, 0.29) is 17.7 Å². The summed E-state index contributed by atoms with van der Waals surface area (Å²) in [6, 6.07) is 6.36. The molecule has 98 valence electrons. The number of carbonyl (C=O) groups is 1. The summed E-state index contributed by atoms with van der Waals surface area (Å²) in [5, 5.41) is 2.93. The molecule has 1 amide bonds. The highest BCUT2D eigenvalue weighted by atomic mass is 19.1. The fourth-order valence-electron chi connectivity index (χ4n) is 2.17. The van der Waals surface area contributed by atoms with Crippen molar-refractivity contribution >= 4 is 5.91 Å². The number of ether oxygens (including phenoxy) is 1. The normalized spacial score (nSPS) is 17.4. The Morgan fingerprint density at radius 2 is 2.06 bits per heavy atom. The number of benzene rings is 1. The summed E-state index contributed by atoms with van der Waals surface area (Å²) in [5.74, 6) is -0.505. The maximum Gasteiger partial charge on any atom is 0.260 e. The van der Waals surface area contributed by atoms with Crippen molar-refractivity contribution in [3.63, 3.8) is 0 Å². The molecule has 1 aliphatic rings. The van der Waals surface area contributed by atoms with Crippen LogP contribution in [-0.2, 0) is 4.79 Å². The summed E-state index contributed by atoms with van der Waals surface area (Å²) < 4.78 is 18.7. The lowest BCUT2D eigenvalue weighted by molar-refractivity contribution is -0.128. The van der Waals surface area contributed by atoms with Crippen molar-refractivity contribution in [2.45, 2.75) is 44.8 Å². The van der Waals surface area contributed by atoms with E-state index < -0.39 is 11.9 Å². The summed E-state index contributed by atoms with van der Waals surface area (Å²) in [6.45, 7) is 1.64. The van der Waals surface area contributed by atoms with E-state index in [1.54, 1.807) is 19.1 Å². The first-order valence-electron chi connectivity index (χ1n) is 6.38. The second-order valence-corrected chi connectivity index (χ2v) is 4.68. The zero-order chi connectivity index (χ0) is 13.0. The van der Waals surface area contributed by atoms with Gasteiger partial charge in [0, 0.05) is 6.04 Å². The molecule has 2 rings (SSSR count). The summed E-state index contributed by atoms with van der Waals surface area (Å²) >= 11 is 0. The lowest BCUT2D eigenvalue weighted by atomic mass is 10.2. The molecule has 1 unspecified atom stereocenters. The van der Waals surface area contributed by atoms with E-state index in [0.717, 1.165) is 25.7 Å². The number of hydrogen-bond acceptors (Lipinski definition) is 2. The van der Waals surface area contributed by atoms with Crippen molar-refractivity contribution in [1.29, 1.82) is 0 Å². The Balaban J connectivity index is 1.89. The van der Waals surface area contributed by atoms with Gasteiger partial charge in [0.25, 0.3) is 5.91 Å². The average molecular weight is 251 g/mol. The van der Waals surface area contributed by atoms with Crippen LogP contribution in [0, 0.1) is 5.82 Å². The predicted molar refractivity (Wildman–Crippen MR) is 66.9 cm³/mol. The minimum absolute atomic E-state index is 0.117. The Kier molecular flexibility index (Phi) is 4.18. The Bertz CT molecular complexity index is 416. The Hall–Kier alpha value is -1.58. The Morgan fingerprint density at radius 1 is 1.39 bits per heavy atom. The van der Waals surface area contributed by atoms with Gasteiger partial charge in [0.15, 0.2) is 17.7 Å². The number of halogens is 1. The zero-order valence-corrected chi connectivity index (χ0v) is 10.5. The average Bonchev–Trinajstić information content (AvgIpc) is 2.84. The molecule has 1 aliphatic carbocycles. The summed E-state index contributed by atoms with van der Waals surface area (Å²) in [6.07, 6.45) is 3.69. The monoisotopic (exact) mass is 251 g/mol. The molecule has 1 saturated carbocycles. The molecule has 0 aromatic heterocycles. The third kappa shape index (κ3) is 3.22. The van der Waals surface area contributed by atoms with E-state index in [0.29, 0.717) is 0 Å². The molecule has 0 heterocycles. The van der Waals surface area contributed by atoms with E-state index in [1.165, 1.54) is 12.1 Å². The number of nitrogens with one attached hydrogen (secondary N) is 1. The molecule has 1 N–H and O–H groups in total. The third-order valence-corrected chi connectivity index (χ3v) is 3.21. The van der Waals surface area contributed by atoms with E-state index >= 15 is 0 Å². The smallest absolute Gasteiger partial charge is 0.260 e. The van der Waals surface area contributed by atoms with Crippen molar-refractivity contribution in [2.75, 3.05) is 0 Å². The Morgan fingerprint density at radius 3 is 2.72 bits per heavy atom. The molecule has 1 fully saturated rings. The standard InChI is InChI=1S/C14H18FNO2/c1-10(14(17)16-11-6-2-3-7-11)18-13-9-5-4-8-12(13)15/h4-5,8-11H,2-3,6-7H2,1H3,(H,16,17). The molecule has 4 heteroatoms. The van der Waals surface area contributed by atoms with Crippen LogP contribution in [0.3, 0.4) is 0 Å². The van der Waals surface area contributed by atoms with Crippen LogP contribution in [0.5, 0.6) is 5.75 Å². The highest BCUT2D eigenvalue weighted by Crippen LogP contribution is 2.19. The van der Waals surface area contributed by atoms with Gasteiger partial charge in [0.2, 0.25) is 0 Å². The van der Waals surface area contributed by atoms with E-state index in [1.807, 2.05) is 0 Å². The molecule has 3 nitrogen and oxygen atoms in total. The van der Waals surface area contributed by atoms with Crippen molar-refractivity contribution in [3.05, 3.63) is 30.1 Å². The van der Waals surface area contributed by atoms with Crippen molar-refractivity contribution in [3.8, 4) is 5.75 Å². The lowest BCUT2D eigenvalue weighted by Gasteiger charge is -2.18. The van der Waals surface area contributed by atoms with Gasteiger partial charge >= 0.3 is 0 Å². The van der Waals surface area contributed by atoms with Gasteiger partial charge in [-0.05, 0) is 31.9 Å². The first kappa shape index (κ1) is 12.9. The quantitative estimate of drug-likeness (QED) is 0.893. The van der Waals surface area contributed by atoms with Crippen LogP contribution >= 0.6 is 0 Å². The van der Waals surface area contributed by atoms with Crippen LogP contribution in [0.2, 0.25) is 0 Å². The van der Waals surface area contributed by atoms with Crippen LogP contribution in [0.4, 0.5) is 4.39 Å².